The van der Waals surface area contributed by atoms with E-state index in [1.807, 2.05) is 30.3 Å². The number of hydrogen-bond acceptors (Lipinski definition) is 3. The number of carbonyl (C=O) groups is 2. The maximum Gasteiger partial charge on any atom is 0.261 e. The Hall–Kier alpha value is -2.05. The maximum absolute atomic E-state index is 12.7. The lowest BCUT2D eigenvalue weighted by Gasteiger charge is -2.28. The Morgan fingerprint density at radius 2 is 1.85 bits per heavy atom. The Labute approximate surface area is 166 Å². The number of nitrogens with one attached hydrogen (secondary N) is 1. The molecule has 0 spiro atoms. The molecule has 26 heavy (non-hydrogen) atoms. The first-order valence-electron chi connectivity index (χ1n) is 8.05. The number of nitrogens with zero attached hydrogens (tertiary/aromatic N) is 1. The summed E-state index contributed by atoms with van der Waals surface area (Å²) >= 11 is 9.55. The fourth-order valence-electron chi connectivity index (χ4n) is 2.36. The van der Waals surface area contributed by atoms with Crippen LogP contribution in [0.1, 0.15) is 12.5 Å². The quantitative estimate of drug-likeness (QED) is 0.716. The van der Waals surface area contributed by atoms with Crippen molar-refractivity contribution < 1.29 is 14.3 Å². The summed E-state index contributed by atoms with van der Waals surface area (Å²) in [6.45, 7) is 1.72. The Bertz CT molecular complexity index is 768. The molecule has 5 nitrogen and oxygen atoms in total. The molecule has 0 saturated heterocycles. The molecule has 2 aromatic rings. The normalized spacial score (nSPS) is 11.5. The smallest absolute Gasteiger partial charge is 0.261 e. The third kappa shape index (κ3) is 5.47. The van der Waals surface area contributed by atoms with Crippen molar-refractivity contribution in [3.05, 3.63) is 63.6 Å². The molecule has 2 amide bonds. The highest BCUT2D eigenvalue weighted by Crippen LogP contribution is 2.20. The average molecular weight is 440 g/mol. The zero-order valence-electron chi connectivity index (χ0n) is 14.5. The molecule has 0 radical (unpaired) electrons. The first-order valence-corrected chi connectivity index (χ1v) is 9.22. The van der Waals surface area contributed by atoms with E-state index in [4.69, 9.17) is 16.3 Å². The van der Waals surface area contributed by atoms with Gasteiger partial charge in [-0.15, -0.1) is 0 Å². The Morgan fingerprint density at radius 3 is 2.46 bits per heavy atom. The topological polar surface area (TPSA) is 58.6 Å². The molecule has 0 aliphatic heterocycles. The standard InChI is InChI=1S/C19H20BrClN2O3/c1-13(19(25)22-2)23(11-14-5-3-4-6-17(14)21)18(24)12-26-16-9-7-15(20)8-10-16/h3-10,13H,11-12H2,1-2H3,(H,22,25)/t13-/m1/s1. The van der Waals surface area contributed by atoms with Gasteiger partial charge in [-0.3, -0.25) is 9.59 Å². The minimum atomic E-state index is -0.655. The largest absolute Gasteiger partial charge is 0.484 e. The van der Waals surface area contributed by atoms with Crippen LogP contribution in [0.5, 0.6) is 5.75 Å². The Balaban J connectivity index is 2.13. The number of halogens is 2. The van der Waals surface area contributed by atoms with Crippen LogP contribution >= 0.6 is 27.5 Å². The molecule has 0 aromatic heterocycles. The molecular formula is C19H20BrClN2O3. The molecule has 0 saturated carbocycles. The van der Waals surface area contributed by atoms with Gasteiger partial charge in [0.15, 0.2) is 6.61 Å². The number of hydrogen-bond donors (Lipinski definition) is 1. The van der Waals surface area contributed by atoms with Crippen molar-refractivity contribution in [2.45, 2.75) is 19.5 Å². The Morgan fingerprint density at radius 1 is 1.19 bits per heavy atom. The number of likely N-dealkylation sites (N-methyl/N-ethyl adjacent to an activating group) is 1. The van der Waals surface area contributed by atoms with Crippen LogP contribution < -0.4 is 10.1 Å². The molecule has 138 valence electrons. The second-order valence-corrected chi connectivity index (χ2v) is 6.97. The number of amides is 2. The van der Waals surface area contributed by atoms with Crippen molar-refractivity contribution in [2.24, 2.45) is 0 Å². The summed E-state index contributed by atoms with van der Waals surface area (Å²) in [4.78, 5) is 26.2. The molecule has 0 unspecified atom stereocenters. The minimum Gasteiger partial charge on any atom is -0.484 e. The SMILES string of the molecule is CNC(=O)[C@@H](C)N(Cc1ccccc1Cl)C(=O)COc1ccc(Br)cc1. The van der Waals surface area contributed by atoms with Crippen LogP contribution in [-0.2, 0) is 16.1 Å². The van der Waals surface area contributed by atoms with Gasteiger partial charge in [0, 0.05) is 23.1 Å². The molecule has 2 aromatic carbocycles. The van der Waals surface area contributed by atoms with E-state index in [0.29, 0.717) is 10.8 Å². The van der Waals surface area contributed by atoms with Crippen LogP contribution in [-0.4, -0.2) is 36.4 Å². The van der Waals surface area contributed by atoms with Gasteiger partial charge < -0.3 is 15.0 Å². The molecular weight excluding hydrogens is 420 g/mol. The van der Waals surface area contributed by atoms with Gasteiger partial charge in [0.2, 0.25) is 5.91 Å². The van der Waals surface area contributed by atoms with Crippen LogP contribution in [0.15, 0.2) is 53.0 Å². The van der Waals surface area contributed by atoms with Gasteiger partial charge in [0.1, 0.15) is 11.8 Å². The predicted octanol–water partition coefficient (Wildman–Crippen LogP) is 3.64. The third-order valence-electron chi connectivity index (χ3n) is 3.89. The van der Waals surface area contributed by atoms with Gasteiger partial charge in [0.05, 0.1) is 0 Å². The fraction of sp³-hybridized carbons (Fsp3) is 0.263. The Kier molecular flexibility index (Phi) is 7.48. The molecule has 7 heteroatoms. The van der Waals surface area contributed by atoms with Crippen molar-refractivity contribution in [3.63, 3.8) is 0 Å². The van der Waals surface area contributed by atoms with Crippen molar-refractivity contribution in [1.29, 1.82) is 0 Å². The van der Waals surface area contributed by atoms with Gasteiger partial charge in [-0.2, -0.15) is 0 Å². The number of rotatable bonds is 7. The lowest BCUT2D eigenvalue weighted by Crippen LogP contribution is -2.48. The van der Waals surface area contributed by atoms with E-state index in [1.54, 1.807) is 25.1 Å². The monoisotopic (exact) mass is 438 g/mol. The van der Waals surface area contributed by atoms with Gasteiger partial charge in [-0.05, 0) is 42.8 Å². The minimum absolute atomic E-state index is 0.173. The van der Waals surface area contributed by atoms with Crippen LogP contribution in [0.4, 0.5) is 0 Å². The highest BCUT2D eigenvalue weighted by molar-refractivity contribution is 9.10. The molecule has 0 aliphatic carbocycles. The molecule has 1 atom stereocenters. The summed E-state index contributed by atoms with van der Waals surface area (Å²) in [5, 5.41) is 3.11. The molecule has 0 fully saturated rings. The second-order valence-electron chi connectivity index (χ2n) is 5.65. The van der Waals surface area contributed by atoms with E-state index < -0.39 is 6.04 Å². The number of carbonyl (C=O) groups excluding carboxylic acids is 2. The maximum atomic E-state index is 12.7. The van der Waals surface area contributed by atoms with E-state index >= 15 is 0 Å². The lowest BCUT2D eigenvalue weighted by atomic mass is 10.1. The first kappa shape index (κ1) is 20.3. The molecule has 0 bridgehead atoms. The van der Waals surface area contributed by atoms with Gasteiger partial charge in [-0.25, -0.2) is 0 Å². The molecule has 2 rings (SSSR count). The summed E-state index contributed by atoms with van der Waals surface area (Å²) in [6.07, 6.45) is 0. The van der Waals surface area contributed by atoms with Gasteiger partial charge in [0.25, 0.3) is 5.91 Å². The van der Waals surface area contributed by atoms with E-state index in [-0.39, 0.29) is 25.0 Å². The van der Waals surface area contributed by atoms with Crippen LogP contribution in [0.2, 0.25) is 5.02 Å². The molecule has 0 aliphatic rings. The fourth-order valence-corrected chi connectivity index (χ4v) is 2.82. The summed E-state index contributed by atoms with van der Waals surface area (Å²) in [5.41, 5.74) is 0.766. The van der Waals surface area contributed by atoms with Crippen LogP contribution in [0.3, 0.4) is 0 Å². The summed E-state index contributed by atoms with van der Waals surface area (Å²) in [5.74, 6) is 0.0184. The van der Waals surface area contributed by atoms with Gasteiger partial charge in [-0.1, -0.05) is 45.7 Å². The van der Waals surface area contributed by atoms with E-state index in [2.05, 4.69) is 21.2 Å². The van der Waals surface area contributed by atoms with Gasteiger partial charge >= 0.3 is 0 Å². The highest BCUT2D eigenvalue weighted by atomic mass is 79.9. The predicted molar refractivity (Wildman–Crippen MR) is 105 cm³/mol. The van der Waals surface area contributed by atoms with E-state index in [0.717, 1.165) is 10.0 Å². The second kappa shape index (κ2) is 9.59. The molecule has 1 N–H and O–H groups in total. The summed E-state index contributed by atoms with van der Waals surface area (Å²) in [7, 11) is 1.54. The van der Waals surface area contributed by atoms with Crippen molar-refractivity contribution in [3.8, 4) is 5.75 Å². The third-order valence-corrected chi connectivity index (χ3v) is 4.79. The number of benzene rings is 2. The lowest BCUT2D eigenvalue weighted by molar-refractivity contribution is -0.142. The van der Waals surface area contributed by atoms with E-state index in [9.17, 15) is 9.59 Å². The van der Waals surface area contributed by atoms with Crippen molar-refractivity contribution in [1.82, 2.24) is 10.2 Å². The number of ether oxygens (including phenoxy) is 1. The average Bonchev–Trinajstić information content (AvgIpc) is 2.65. The van der Waals surface area contributed by atoms with Crippen molar-refractivity contribution >= 4 is 39.3 Å². The molecule has 0 heterocycles. The van der Waals surface area contributed by atoms with Crippen LogP contribution in [0.25, 0.3) is 0 Å². The zero-order chi connectivity index (χ0) is 19.1. The zero-order valence-corrected chi connectivity index (χ0v) is 16.9. The summed E-state index contributed by atoms with van der Waals surface area (Å²) in [6, 6.07) is 13.8. The van der Waals surface area contributed by atoms with Crippen molar-refractivity contribution in [2.75, 3.05) is 13.7 Å². The van der Waals surface area contributed by atoms with E-state index in [1.165, 1.54) is 11.9 Å². The summed E-state index contributed by atoms with van der Waals surface area (Å²) < 4.78 is 6.48. The first-order chi connectivity index (χ1) is 12.4. The highest BCUT2D eigenvalue weighted by Gasteiger charge is 2.26. The van der Waals surface area contributed by atoms with Crippen LogP contribution in [0, 0.1) is 0 Å².